The predicted octanol–water partition coefficient (Wildman–Crippen LogP) is 2.35. The fraction of sp³-hybridized carbons (Fsp3) is 0.409. The first-order chi connectivity index (χ1) is 13.1. The molecule has 0 saturated carbocycles. The van der Waals surface area contributed by atoms with Crippen LogP contribution in [0.2, 0.25) is 0 Å². The van der Waals surface area contributed by atoms with E-state index in [2.05, 4.69) is 33.0 Å². The van der Waals surface area contributed by atoms with Crippen LogP contribution in [-0.2, 0) is 0 Å². The highest BCUT2D eigenvalue weighted by atomic mass is 16.3. The summed E-state index contributed by atoms with van der Waals surface area (Å²) in [6.45, 7) is 12.9. The van der Waals surface area contributed by atoms with Crippen molar-refractivity contribution in [2.24, 2.45) is 0 Å². The number of H-pyrrole nitrogens is 1. The number of pyridine rings is 1. The van der Waals surface area contributed by atoms with Gasteiger partial charge in [0.05, 0.1) is 17.6 Å². The van der Waals surface area contributed by atoms with Crippen molar-refractivity contribution in [1.82, 2.24) is 4.98 Å². The first-order valence-corrected chi connectivity index (χ1v) is 9.35. The van der Waals surface area contributed by atoms with E-state index in [1.54, 1.807) is 24.3 Å². The molecule has 0 spiro atoms. The number of benzene rings is 1. The Morgan fingerprint density at radius 1 is 0.929 bits per heavy atom. The number of aromatic amines is 1. The zero-order valence-corrected chi connectivity index (χ0v) is 17.3. The van der Waals surface area contributed by atoms with Crippen LogP contribution in [0.15, 0.2) is 29.1 Å². The van der Waals surface area contributed by atoms with Crippen molar-refractivity contribution >= 4 is 0 Å². The lowest BCUT2D eigenvalue weighted by molar-refractivity contribution is -0.709. The maximum absolute atomic E-state index is 11.7. The molecule has 6 nitrogen and oxygen atoms in total. The Balaban J connectivity index is 0.000000480. The van der Waals surface area contributed by atoms with Crippen LogP contribution in [0.4, 0.5) is 0 Å². The van der Waals surface area contributed by atoms with Crippen LogP contribution in [0.25, 0.3) is 11.1 Å². The summed E-state index contributed by atoms with van der Waals surface area (Å²) in [5, 5.41) is 32.3. The number of hydrogen-bond acceptors (Lipinski definition) is 4. The van der Waals surface area contributed by atoms with Crippen molar-refractivity contribution in [2.75, 3.05) is 0 Å². The van der Waals surface area contributed by atoms with Crippen molar-refractivity contribution in [3.63, 3.8) is 0 Å². The largest absolute Gasteiger partial charge is 0.859 e. The molecule has 1 aromatic heterocycles. The molecule has 0 radical (unpaired) electrons. The van der Waals surface area contributed by atoms with E-state index in [1.807, 2.05) is 31.0 Å². The monoisotopic (exact) mass is 380 g/mol. The summed E-state index contributed by atoms with van der Waals surface area (Å²) in [6, 6.07) is 12.2. The lowest BCUT2D eigenvalue weighted by atomic mass is 9.94. The third kappa shape index (κ3) is 5.97. The second-order valence-corrected chi connectivity index (χ2v) is 7.59. The Hall–Kier alpha value is -3.09. The number of rotatable bonds is 4. The van der Waals surface area contributed by atoms with Gasteiger partial charge in [0.15, 0.2) is 0 Å². The van der Waals surface area contributed by atoms with Gasteiger partial charge in [-0.15, -0.1) is 0 Å². The van der Waals surface area contributed by atoms with Gasteiger partial charge < -0.3 is 15.4 Å². The zero-order chi connectivity index (χ0) is 21.4. The molecule has 2 aromatic rings. The molecule has 0 fully saturated rings. The van der Waals surface area contributed by atoms with Crippen molar-refractivity contribution in [3.8, 4) is 29.1 Å². The first kappa shape index (κ1) is 23.0. The van der Waals surface area contributed by atoms with Gasteiger partial charge in [-0.3, -0.25) is 4.79 Å². The van der Waals surface area contributed by atoms with Crippen LogP contribution in [0.5, 0.6) is 5.88 Å². The Kier molecular flexibility index (Phi) is 8.44. The molecule has 0 aliphatic carbocycles. The molecule has 0 saturated heterocycles. The predicted molar refractivity (Wildman–Crippen MR) is 108 cm³/mol. The summed E-state index contributed by atoms with van der Waals surface area (Å²) < 4.78 is 0. The summed E-state index contributed by atoms with van der Waals surface area (Å²) in [5.41, 5.74) is 0.485. The highest BCUT2D eigenvalue weighted by Gasteiger charge is 2.16. The number of quaternary nitrogens is 1. The number of hydrogen-bond donors (Lipinski definition) is 2. The van der Waals surface area contributed by atoms with Crippen LogP contribution in [0, 0.1) is 22.7 Å². The molecule has 0 amide bonds. The van der Waals surface area contributed by atoms with Gasteiger partial charge in [-0.05, 0) is 50.6 Å². The minimum absolute atomic E-state index is 0.101. The minimum atomic E-state index is -0.774. The molecule has 0 bridgehead atoms. The molecule has 1 heterocycles. The Labute approximate surface area is 166 Å². The summed E-state index contributed by atoms with van der Waals surface area (Å²) in [7, 11) is 0. The zero-order valence-electron chi connectivity index (χ0n) is 17.3. The molecule has 0 aliphatic heterocycles. The highest BCUT2D eigenvalue weighted by molar-refractivity contribution is 5.77. The Morgan fingerprint density at radius 2 is 1.43 bits per heavy atom. The fourth-order valence-electron chi connectivity index (χ4n) is 2.89. The standard InChI is InChI=1S/C16H13N3O2.C6H15N/c1-9(2)10-3-5-11(6-4-10)14-12(7-17)15(20)19-16(21)13(14)8-18;1-5(2)7-6(3)4/h3-6,9H,1-2H3,(H2,19,20,21);5-7H,1-4H3. The van der Waals surface area contributed by atoms with Gasteiger partial charge in [0.1, 0.15) is 17.7 Å². The smallest absolute Gasteiger partial charge is 0.266 e. The number of nitrogens with one attached hydrogen (secondary N) is 1. The fourth-order valence-corrected chi connectivity index (χ4v) is 2.89. The molecular formula is C22H28N4O2. The van der Waals surface area contributed by atoms with E-state index in [4.69, 9.17) is 10.5 Å². The van der Waals surface area contributed by atoms with Crippen LogP contribution in [0.1, 0.15) is 64.2 Å². The average molecular weight is 380 g/mol. The van der Waals surface area contributed by atoms with Crippen molar-refractivity contribution in [3.05, 3.63) is 51.3 Å². The summed E-state index contributed by atoms with van der Waals surface area (Å²) in [4.78, 5) is 13.7. The van der Waals surface area contributed by atoms with Crippen molar-refractivity contribution < 1.29 is 10.4 Å². The van der Waals surface area contributed by atoms with E-state index in [1.165, 1.54) is 0 Å². The van der Waals surface area contributed by atoms with Gasteiger partial charge in [0.25, 0.3) is 5.56 Å². The quantitative estimate of drug-likeness (QED) is 0.845. The van der Waals surface area contributed by atoms with Gasteiger partial charge in [-0.2, -0.15) is 10.5 Å². The van der Waals surface area contributed by atoms with Crippen LogP contribution in [0.3, 0.4) is 0 Å². The van der Waals surface area contributed by atoms with E-state index >= 15 is 0 Å². The lowest BCUT2D eigenvalue weighted by Crippen LogP contribution is -2.92. The lowest BCUT2D eigenvalue weighted by Gasteiger charge is -2.14. The van der Waals surface area contributed by atoms with Gasteiger partial charge in [0, 0.05) is 5.56 Å². The number of nitrogens with zero attached hydrogens (tertiary/aromatic N) is 2. The average Bonchev–Trinajstić information content (AvgIpc) is 2.60. The van der Waals surface area contributed by atoms with Crippen LogP contribution < -0.4 is 16.0 Å². The molecule has 148 valence electrons. The molecule has 0 atom stereocenters. The highest BCUT2D eigenvalue weighted by Crippen LogP contribution is 2.29. The van der Waals surface area contributed by atoms with E-state index < -0.39 is 11.4 Å². The maximum atomic E-state index is 11.7. The van der Waals surface area contributed by atoms with Gasteiger partial charge in [0.2, 0.25) is 0 Å². The summed E-state index contributed by atoms with van der Waals surface area (Å²) in [5.74, 6) is -0.441. The van der Waals surface area contributed by atoms with Gasteiger partial charge in [-0.25, -0.2) is 0 Å². The second-order valence-electron chi connectivity index (χ2n) is 7.59. The first-order valence-electron chi connectivity index (χ1n) is 9.35. The third-order valence-corrected chi connectivity index (χ3v) is 4.04. The Bertz CT molecular complexity index is 921. The van der Waals surface area contributed by atoms with Crippen molar-refractivity contribution in [1.29, 1.82) is 10.5 Å². The van der Waals surface area contributed by atoms with Crippen LogP contribution >= 0.6 is 0 Å². The molecule has 3 N–H and O–H groups in total. The normalized spacial score (nSPS) is 10.4. The topological polar surface area (TPSA) is 120 Å². The van der Waals surface area contributed by atoms with E-state index in [0.717, 1.165) is 17.6 Å². The molecule has 6 heteroatoms. The van der Waals surface area contributed by atoms with E-state index in [9.17, 15) is 9.90 Å². The minimum Gasteiger partial charge on any atom is -0.859 e. The SMILES string of the molecule is CC(C)[NH2+]C(C)C.CC(C)c1ccc(-c2c(C#N)c([O-])[nH]c(=O)c2C#N)cc1. The molecule has 2 rings (SSSR count). The van der Waals surface area contributed by atoms with Gasteiger partial charge >= 0.3 is 0 Å². The van der Waals surface area contributed by atoms with Crippen LogP contribution in [-0.4, -0.2) is 17.1 Å². The van der Waals surface area contributed by atoms with E-state index in [0.29, 0.717) is 11.5 Å². The van der Waals surface area contributed by atoms with E-state index in [-0.39, 0.29) is 16.7 Å². The summed E-state index contributed by atoms with van der Waals surface area (Å²) in [6.07, 6.45) is 0. The van der Waals surface area contributed by atoms with Gasteiger partial charge in [-0.1, -0.05) is 38.1 Å². The Morgan fingerprint density at radius 3 is 1.79 bits per heavy atom. The number of nitrogens with two attached hydrogens (primary N) is 1. The number of nitriles is 2. The molecule has 0 unspecified atom stereocenters. The second kappa shape index (κ2) is 10.3. The van der Waals surface area contributed by atoms with Crippen molar-refractivity contribution in [2.45, 2.75) is 59.5 Å². The molecular weight excluding hydrogens is 352 g/mol. The maximum Gasteiger partial charge on any atom is 0.266 e. The summed E-state index contributed by atoms with van der Waals surface area (Å²) >= 11 is 0. The molecule has 28 heavy (non-hydrogen) atoms. The molecule has 1 aromatic carbocycles. The molecule has 0 aliphatic rings. The number of aromatic nitrogens is 1. The third-order valence-electron chi connectivity index (χ3n) is 4.04.